The van der Waals surface area contributed by atoms with Crippen molar-refractivity contribution in [3.63, 3.8) is 0 Å². The van der Waals surface area contributed by atoms with Gasteiger partial charge in [-0.1, -0.05) is 23.8 Å². The van der Waals surface area contributed by atoms with E-state index in [0.717, 1.165) is 9.13 Å². The van der Waals surface area contributed by atoms with Crippen molar-refractivity contribution in [1.29, 1.82) is 0 Å². The maximum absolute atomic E-state index is 11.9. The Balaban J connectivity index is 1.98. The zero-order valence-electron chi connectivity index (χ0n) is 10.7. The predicted octanol–water partition coefficient (Wildman–Crippen LogP) is 3.34. The molecule has 0 aliphatic heterocycles. The monoisotopic (exact) mass is 404 g/mol. The third kappa shape index (κ3) is 4.19. The van der Waals surface area contributed by atoms with Crippen LogP contribution in [0.15, 0.2) is 53.4 Å². The van der Waals surface area contributed by atoms with Crippen LogP contribution < -0.4 is 4.74 Å². The molecular formula is C14H13IO4S. The summed E-state index contributed by atoms with van der Waals surface area (Å²) in [6, 6.07) is 13.7. The Morgan fingerprint density at radius 1 is 1.10 bits per heavy atom. The fraction of sp³-hybridized carbons (Fsp3) is 0.143. The molecule has 0 unspecified atom stereocenters. The highest BCUT2D eigenvalue weighted by Gasteiger charge is 2.14. The minimum absolute atomic E-state index is 0.120. The van der Waals surface area contributed by atoms with Gasteiger partial charge in [0.25, 0.3) is 10.1 Å². The van der Waals surface area contributed by atoms with Crippen LogP contribution in [-0.4, -0.2) is 15.2 Å². The molecule has 0 N–H and O–H groups in total. The van der Waals surface area contributed by atoms with E-state index in [0.29, 0.717) is 5.75 Å². The molecule has 0 fully saturated rings. The molecule has 2 aromatic carbocycles. The molecule has 0 radical (unpaired) electrons. The molecule has 0 aliphatic rings. The molecule has 2 aromatic rings. The Kier molecular flexibility index (Phi) is 5.00. The van der Waals surface area contributed by atoms with Gasteiger partial charge in [0.15, 0.2) is 0 Å². The second-order valence-electron chi connectivity index (χ2n) is 4.10. The summed E-state index contributed by atoms with van der Waals surface area (Å²) in [7, 11) is -3.78. The largest absolute Gasteiger partial charge is 0.466 e. The van der Waals surface area contributed by atoms with E-state index in [1.165, 1.54) is 12.1 Å². The number of ether oxygens (including phenoxy) is 1. The molecule has 0 heterocycles. The van der Waals surface area contributed by atoms with E-state index in [2.05, 4.69) is 22.6 Å². The van der Waals surface area contributed by atoms with Gasteiger partial charge in [0.2, 0.25) is 6.79 Å². The van der Waals surface area contributed by atoms with Crippen LogP contribution in [0.1, 0.15) is 5.56 Å². The fourth-order valence-corrected chi connectivity index (χ4v) is 2.78. The summed E-state index contributed by atoms with van der Waals surface area (Å²) in [5.41, 5.74) is 0.985. The minimum atomic E-state index is -3.78. The van der Waals surface area contributed by atoms with Crippen molar-refractivity contribution >= 4 is 32.7 Å². The molecule has 0 atom stereocenters. The second kappa shape index (κ2) is 6.55. The van der Waals surface area contributed by atoms with Gasteiger partial charge >= 0.3 is 0 Å². The average Bonchev–Trinajstić information content (AvgIpc) is 2.39. The molecule has 6 heteroatoms. The van der Waals surface area contributed by atoms with Crippen molar-refractivity contribution in [2.24, 2.45) is 0 Å². The van der Waals surface area contributed by atoms with Gasteiger partial charge in [-0.05, 0) is 59.8 Å². The molecule has 2 rings (SSSR count). The molecule has 0 aliphatic carbocycles. The topological polar surface area (TPSA) is 52.6 Å². The lowest BCUT2D eigenvalue weighted by Gasteiger charge is -2.08. The summed E-state index contributed by atoms with van der Waals surface area (Å²) >= 11 is 2.15. The zero-order valence-corrected chi connectivity index (χ0v) is 13.7. The molecule has 0 bridgehead atoms. The molecular weight excluding hydrogens is 391 g/mol. The quantitative estimate of drug-likeness (QED) is 0.436. The number of halogens is 1. The van der Waals surface area contributed by atoms with Crippen LogP contribution >= 0.6 is 22.6 Å². The second-order valence-corrected chi connectivity index (χ2v) is 6.97. The fourth-order valence-electron chi connectivity index (χ4n) is 1.49. The van der Waals surface area contributed by atoms with Crippen molar-refractivity contribution in [2.45, 2.75) is 11.8 Å². The zero-order chi connectivity index (χ0) is 14.6. The van der Waals surface area contributed by atoms with Crippen molar-refractivity contribution in [3.8, 4) is 5.75 Å². The molecule has 0 saturated heterocycles. The van der Waals surface area contributed by atoms with Gasteiger partial charge in [-0.3, -0.25) is 0 Å². The van der Waals surface area contributed by atoms with Crippen LogP contribution in [0, 0.1) is 10.5 Å². The van der Waals surface area contributed by atoms with Crippen LogP contribution in [0.5, 0.6) is 5.75 Å². The number of hydrogen-bond donors (Lipinski definition) is 0. The van der Waals surface area contributed by atoms with E-state index in [9.17, 15) is 8.42 Å². The number of hydrogen-bond acceptors (Lipinski definition) is 4. The van der Waals surface area contributed by atoms with Crippen LogP contribution in [0.25, 0.3) is 0 Å². The lowest BCUT2D eigenvalue weighted by atomic mass is 10.2. The average molecular weight is 404 g/mol. The van der Waals surface area contributed by atoms with Gasteiger partial charge in [-0.15, -0.1) is 0 Å². The van der Waals surface area contributed by atoms with Crippen LogP contribution in [0.2, 0.25) is 0 Å². The first-order valence-corrected chi connectivity index (χ1v) is 8.30. The Bertz CT molecular complexity index is 681. The van der Waals surface area contributed by atoms with Gasteiger partial charge in [0.1, 0.15) is 5.75 Å². The first-order chi connectivity index (χ1) is 9.47. The van der Waals surface area contributed by atoms with E-state index in [-0.39, 0.29) is 11.7 Å². The number of benzene rings is 2. The Morgan fingerprint density at radius 2 is 1.80 bits per heavy atom. The number of aryl methyl sites for hydroxylation is 1. The maximum atomic E-state index is 11.9. The Hall–Kier alpha value is -1.12. The molecule has 0 amide bonds. The third-order valence-corrected chi connectivity index (χ3v) is 4.46. The smallest absolute Gasteiger partial charge is 0.300 e. The van der Waals surface area contributed by atoms with Gasteiger partial charge in [0, 0.05) is 3.57 Å². The summed E-state index contributed by atoms with van der Waals surface area (Å²) in [5.74, 6) is 0.566. The standard InChI is InChI=1S/C14H13IO4S/c1-11-5-7-14(8-6-11)20(16,17)19-10-18-13-4-2-3-12(15)9-13/h2-9H,10H2,1H3. The molecule has 0 spiro atoms. The maximum Gasteiger partial charge on any atom is 0.300 e. The minimum Gasteiger partial charge on any atom is -0.466 e. The summed E-state index contributed by atoms with van der Waals surface area (Å²) in [6.07, 6.45) is 0. The van der Waals surface area contributed by atoms with Crippen LogP contribution in [0.3, 0.4) is 0 Å². The van der Waals surface area contributed by atoms with Crippen molar-refractivity contribution < 1.29 is 17.3 Å². The highest BCUT2D eigenvalue weighted by molar-refractivity contribution is 14.1. The molecule has 106 valence electrons. The first kappa shape index (κ1) is 15.3. The normalized spacial score (nSPS) is 11.3. The SMILES string of the molecule is Cc1ccc(S(=O)(=O)OCOc2cccc(I)c2)cc1. The Morgan fingerprint density at radius 3 is 2.45 bits per heavy atom. The van der Waals surface area contributed by atoms with Gasteiger partial charge in [-0.2, -0.15) is 8.42 Å². The first-order valence-electron chi connectivity index (χ1n) is 5.82. The molecule has 4 nitrogen and oxygen atoms in total. The van der Waals surface area contributed by atoms with Crippen molar-refractivity contribution in [3.05, 3.63) is 57.7 Å². The van der Waals surface area contributed by atoms with E-state index in [4.69, 9.17) is 8.92 Å². The highest BCUT2D eigenvalue weighted by atomic mass is 127. The summed E-state index contributed by atoms with van der Waals surface area (Å²) in [5, 5.41) is 0. The third-order valence-electron chi connectivity index (χ3n) is 2.53. The van der Waals surface area contributed by atoms with E-state index >= 15 is 0 Å². The van der Waals surface area contributed by atoms with E-state index < -0.39 is 10.1 Å². The van der Waals surface area contributed by atoms with Crippen LogP contribution in [0.4, 0.5) is 0 Å². The van der Waals surface area contributed by atoms with Crippen molar-refractivity contribution in [1.82, 2.24) is 0 Å². The highest BCUT2D eigenvalue weighted by Crippen LogP contribution is 2.16. The van der Waals surface area contributed by atoms with E-state index in [1.807, 2.05) is 19.1 Å². The van der Waals surface area contributed by atoms with Crippen LogP contribution in [-0.2, 0) is 14.3 Å². The summed E-state index contributed by atoms with van der Waals surface area (Å²) in [6.45, 7) is 1.54. The Labute approximate surface area is 132 Å². The van der Waals surface area contributed by atoms with Gasteiger partial charge in [-0.25, -0.2) is 4.18 Å². The molecule has 0 aromatic heterocycles. The van der Waals surface area contributed by atoms with Gasteiger partial charge in [0.05, 0.1) is 4.90 Å². The number of rotatable bonds is 5. The molecule has 0 saturated carbocycles. The lowest BCUT2D eigenvalue weighted by Crippen LogP contribution is -2.11. The lowest BCUT2D eigenvalue weighted by molar-refractivity contribution is 0.126. The van der Waals surface area contributed by atoms with E-state index in [1.54, 1.807) is 24.3 Å². The predicted molar refractivity (Wildman–Crippen MR) is 84.1 cm³/mol. The summed E-state index contributed by atoms with van der Waals surface area (Å²) in [4.78, 5) is 0.120. The summed E-state index contributed by atoms with van der Waals surface area (Å²) < 4.78 is 34.9. The van der Waals surface area contributed by atoms with Crippen molar-refractivity contribution in [2.75, 3.05) is 6.79 Å². The molecule has 20 heavy (non-hydrogen) atoms. The van der Waals surface area contributed by atoms with Gasteiger partial charge < -0.3 is 4.74 Å².